The molecule has 5 fully saturated rings. The molecule has 0 aromatic heterocycles. The number of benzene rings is 3. The highest BCUT2D eigenvalue weighted by molar-refractivity contribution is 14.1. The maximum Gasteiger partial charge on any atom is 0.335 e. The summed E-state index contributed by atoms with van der Waals surface area (Å²) in [7, 11) is 1.49. The Labute approximate surface area is 275 Å². The SMILES string of the molecule is COc1cc(/C=C2\C(=O)NC(=O)N(c3ccc(C45CC6CC(CC(C6)C4)C5)cc3)C2=O)cc(Cl)c1OCc1ccc(I)cc1. The zero-order valence-corrected chi connectivity index (χ0v) is 27.2. The topological polar surface area (TPSA) is 84.9 Å². The van der Waals surface area contributed by atoms with E-state index in [4.69, 9.17) is 21.1 Å². The molecule has 9 heteroatoms. The van der Waals surface area contributed by atoms with Gasteiger partial charge in [0, 0.05) is 3.57 Å². The van der Waals surface area contributed by atoms with Gasteiger partial charge in [0.2, 0.25) is 0 Å². The first-order chi connectivity index (χ1) is 21.2. The molecule has 0 radical (unpaired) electrons. The number of amides is 4. The second-order valence-electron chi connectivity index (χ2n) is 12.7. The van der Waals surface area contributed by atoms with Crippen LogP contribution in [-0.2, 0) is 21.6 Å². The monoisotopic (exact) mass is 722 g/mol. The van der Waals surface area contributed by atoms with Crippen molar-refractivity contribution in [3.8, 4) is 11.5 Å². The minimum absolute atomic E-state index is 0.180. The Morgan fingerprint density at radius 1 is 0.955 bits per heavy atom. The molecule has 5 aliphatic rings. The number of hydrogen-bond acceptors (Lipinski definition) is 5. The van der Waals surface area contributed by atoms with Gasteiger partial charge in [0.05, 0.1) is 17.8 Å². The summed E-state index contributed by atoms with van der Waals surface area (Å²) in [6.07, 6.45) is 9.19. The highest BCUT2D eigenvalue weighted by Crippen LogP contribution is 2.60. The predicted molar refractivity (Wildman–Crippen MR) is 177 cm³/mol. The Bertz CT molecular complexity index is 1650. The molecule has 44 heavy (non-hydrogen) atoms. The van der Waals surface area contributed by atoms with Crippen LogP contribution in [0.25, 0.3) is 6.08 Å². The first-order valence-corrected chi connectivity index (χ1v) is 16.4. The number of hydrogen-bond donors (Lipinski definition) is 1. The minimum atomic E-state index is -0.769. The van der Waals surface area contributed by atoms with E-state index in [1.54, 1.807) is 12.1 Å². The number of carbonyl (C=O) groups is 3. The lowest BCUT2D eigenvalue weighted by Crippen LogP contribution is -2.54. The molecular formula is C35H32ClIN2O5. The van der Waals surface area contributed by atoms with E-state index in [9.17, 15) is 14.4 Å². The molecule has 1 saturated heterocycles. The van der Waals surface area contributed by atoms with E-state index in [0.717, 1.165) is 31.8 Å². The van der Waals surface area contributed by atoms with E-state index in [1.807, 2.05) is 36.4 Å². The summed E-state index contributed by atoms with van der Waals surface area (Å²) in [5, 5.41) is 2.58. The average Bonchev–Trinajstić information content (AvgIpc) is 2.99. The molecule has 3 aromatic carbocycles. The van der Waals surface area contributed by atoms with E-state index in [0.29, 0.717) is 22.7 Å². The van der Waals surface area contributed by atoms with Crippen molar-refractivity contribution in [1.82, 2.24) is 5.32 Å². The molecule has 4 amide bonds. The van der Waals surface area contributed by atoms with Crippen molar-refractivity contribution in [3.63, 3.8) is 0 Å². The van der Waals surface area contributed by atoms with Gasteiger partial charge in [-0.3, -0.25) is 14.9 Å². The minimum Gasteiger partial charge on any atom is -0.493 e. The maximum absolute atomic E-state index is 13.6. The van der Waals surface area contributed by atoms with Gasteiger partial charge in [-0.25, -0.2) is 9.69 Å². The number of imide groups is 2. The molecule has 226 valence electrons. The third-order valence-corrected chi connectivity index (χ3v) is 10.7. The third-order valence-electron chi connectivity index (χ3n) is 9.74. The number of urea groups is 1. The first-order valence-electron chi connectivity index (χ1n) is 15.0. The molecule has 0 unspecified atom stereocenters. The van der Waals surface area contributed by atoms with Crippen LogP contribution >= 0.6 is 34.2 Å². The fraction of sp³-hybridized carbons (Fsp3) is 0.343. The Kier molecular flexibility index (Phi) is 7.69. The lowest BCUT2D eigenvalue weighted by atomic mass is 9.48. The summed E-state index contributed by atoms with van der Waals surface area (Å²) in [5.41, 5.74) is 3.17. The summed E-state index contributed by atoms with van der Waals surface area (Å²) in [6.45, 7) is 0.285. The predicted octanol–water partition coefficient (Wildman–Crippen LogP) is 7.67. The molecule has 1 aliphatic heterocycles. The molecule has 8 rings (SSSR count). The maximum atomic E-state index is 13.6. The fourth-order valence-corrected chi connectivity index (χ4v) is 8.82. The number of anilines is 1. The van der Waals surface area contributed by atoms with Crippen LogP contribution in [0, 0.1) is 21.3 Å². The number of nitrogens with zero attached hydrogens (tertiary/aromatic N) is 1. The summed E-state index contributed by atoms with van der Waals surface area (Å²) in [6, 6.07) is 18.2. The number of nitrogens with one attached hydrogen (secondary N) is 1. The quantitative estimate of drug-likeness (QED) is 0.154. The van der Waals surface area contributed by atoms with Gasteiger partial charge in [0.1, 0.15) is 12.2 Å². The summed E-state index contributed by atoms with van der Waals surface area (Å²) < 4.78 is 12.6. The Hall–Kier alpha value is -3.37. The van der Waals surface area contributed by atoms with Crippen LogP contribution in [0.1, 0.15) is 55.2 Å². The van der Waals surface area contributed by atoms with Gasteiger partial charge in [-0.15, -0.1) is 0 Å². The Morgan fingerprint density at radius 3 is 2.20 bits per heavy atom. The number of halogens is 2. The van der Waals surface area contributed by atoms with E-state index >= 15 is 0 Å². The number of carbonyl (C=O) groups excluding carboxylic acids is 3. The number of ether oxygens (including phenoxy) is 2. The van der Waals surface area contributed by atoms with Crippen LogP contribution in [0.3, 0.4) is 0 Å². The molecule has 1 heterocycles. The van der Waals surface area contributed by atoms with Gasteiger partial charge in [0.25, 0.3) is 11.8 Å². The molecule has 0 spiro atoms. The number of rotatable bonds is 7. The van der Waals surface area contributed by atoms with Gasteiger partial charge >= 0.3 is 6.03 Å². The second kappa shape index (κ2) is 11.5. The molecule has 4 bridgehead atoms. The summed E-state index contributed by atoms with van der Waals surface area (Å²) in [5.74, 6) is 1.68. The van der Waals surface area contributed by atoms with Gasteiger partial charge in [-0.1, -0.05) is 35.9 Å². The van der Waals surface area contributed by atoms with Crippen molar-refractivity contribution in [2.75, 3.05) is 12.0 Å². The lowest BCUT2D eigenvalue weighted by Gasteiger charge is -2.57. The van der Waals surface area contributed by atoms with Crippen LogP contribution in [-0.4, -0.2) is 25.0 Å². The van der Waals surface area contributed by atoms with Crippen molar-refractivity contribution in [3.05, 3.63) is 91.5 Å². The van der Waals surface area contributed by atoms with Crippen molar-refractivity contribution >= 4 is 63.8 Å². The van der Waals surface area contributed by atoms with Crippen LogP contribution < -0.4 is 19.7 Å². The van der Waals surface area contributed by atoms with Crippen molar-refractivity contribution < 1.29 is 23.9 Å². The molecular weight excluding hydrogens is 691 g/mol. The highest BCUT2D eigenvalue weighted by atomic mass is 127. The van der Waals surface area contributed by atoms with Crippen molar-refractivity contribution in [1.29, 1.82) is 0 Å². The molecule has 4 aliphatic carbocycles. The van der Waals surface area contributed by atoms with Crippen LogP contribution in [0.5, 0.6) is 11.5 Å². The molecule has 7 nitrogen and oxygen atoms in total. The van der Waals surface area contributed by atoms with Crippen LogP contribution in [0.15, 0.2) is 66.2 Å². The van der Waals surface area contributed by atoms with Gasteiger partial charge < -0.3 is 9.47 Å². The van der Waals surface area contributed by atoms with Crippen LogP contribution in [0.2, 0.25) is 5.02 Å². The molecule has 3 aromatic rings. The normalized spacial score (nSPS) is 26.7. The smallest absolute Gasteiger partial charge is 0.335 e. The molecule has 4 saturated carbocycles. The second-order valence-corrected chi connectivity index (χ2v) is 14.3. The van der Waals surface area contributed by atoms with E-state index < -0.39 is 17.8 Å². The average molecular weight is 723 g/mol. The van der Waals surface area contributed by atoms with E-state index in [2.05, 4.69) is 40.0 Å². The van der Waals surface area contributed by atoms with Crippen molar-refractivity contribution in [2.45, 2.75) is 50.5 Å². The third kappa shape index (κ3) is 5.40. The summed E-state index contributed by atoms with van der Waals surface area (Å²) >= 11 is 8.83. The highest BCUT2D eigenvalue weighted by Gasteiger charge is 2.51. The number of methoxy groups -OCH3 is 1. The van der Waals surface area contributed by atoms with Gasteiger partial charge in [0.15, 0.2) is 11.5 Å². The molecule has 0 atom stereocenters. The largest absolute Gasteiger partial charge is 0.493 e. The van der Waals surface area contributed by atoms with E-state index in [1.165, 1.54) is 57.3 Å². The number of barbiturate groups is 1. The summed E-state index contributed by atoms with van der Waals surface area (Å²) in [4.78, 5) is 40.4. The Morgan fingerprint density at radius 2 is 1.59 bits per heavy atom. The molecule has 1 N–H and O–H groups in total. The lowest BCUT2D eigenvalue weighted by molar-refractivity contribution is -0.122. The zero-order chi connectivity index (χ0) is 30.6. The Balaban J connectivity index is 1.13. The fourth-order valence-electron chi connectivity index (χ4n) is 8.19. The zero-order valence-electron chi connectivity index (χ0n) is 24.3. The van der Waals surface area contributed by atoms with Crippen LogP contribution in [0.4, 0.5) is 10.5 Å². The van der Waals surface area contributed by atoms with Crippen molar-refractivity contribution in [2.24, 2.45) is 17.8 Å². The van der Waals surface area contributed by atoms with Gasteiger partial charge in [-0.05, 0) is 143 Å². The van der Waals surface area contributed by atoms with E-state index in [-0.39, 0.29) is 22.6 Å². The first kappa shape index (κ1) is 29.3. The van der Waals surface area contributed by atoms with Gasteiger partial charge in [-0.2, -0.15) is 0 Å². The standard InChI is InChI=1S/C35H32ClIN2O5/c1-43-30-15-21(14-29(36)31(30)44-19-20-2-6-26(37)7-3-20)13-28-32(40)38-34(42)39(33(28)41)27-8-4-25(5-9-27)35-16-22-10-23(17-35)12-24(11-22)18-35/h2-9,13-15,22-24H,10-12,16-19H2,1H3,(H,38,40,42)/b28-13+.